The molecule has 2 aromatic rings. The van der Waals surface area contributed by atoms with Crippen LogP contribution in [0.15, 0.2) is 18.2 Å². The second-order valence-corrected chi connectivity index (χ2v) is 4.66. The molecule has 0 saturated carbocycles. The molecule has 0 saturated heterocycles. The van der Waals surface area contributed by atoms with E-state index in [-0.39, 0.29) is 12.8 Å². The molecular weight excluding hydrogens is 240 g/mol. The number of esters is 1. The van der Waals surface area contributed by atoms with E-state index in [1.165, 1.54) is 11.3 Å². The van der Waals surface area contributed by atoms with E-state index >= 15 is 0 Å². The van der Waals surface area contributed by atoms with Gasteiger partial charge in [-0.15, -0.1) is 11.3 Å². The molecule has 4 nitrogen and oxygen atoms in total. The standard InChI is InChI=1S/C12H10O4S/c1-2-14-12(13)11-4-7-3-8-9(16-6-15-8)5-10(7)17-11/h3-5H,2,6H2,1H3. The molecule has 0 fully saturated rings. The van der Waals surface area contributed by atoms with Crippen molar-refractivity contribution in [3.05, 3.63) is 23.1 Å². The van der Waals surface area contributed by atoms with Crippen molar-refractivity contribution in [3.63, 3.8) is 0 Å². The van der Waals surface area contributed by atoms with Gasteiger partial charge >= 0.3 is 5.97 Å². The predicted molar refractivity (Wildman–Crippen MR) is 63.9 cm³/mol. The number of hydrogen-bond donors (Lipinski definition) is 0. The van der Waals surface area contributed by atoms with Crippen LogP contribution in [0.1, 0.15) is 16.6 Å². The summed E-state index contributed by atoms with van der Waals surface area (Å²) >= 11 is 1.40. The first kappa shape index (κ1) is 10.4. The van der Waals surface area contributed by atoms with Crippen LogP contribution < -0.4 is 9.47 Å². The van der Waals surface area contributed by atoms with Crippen LogP contribution in [0.3, 0.4) is 0 Å². The molecule has 2 heterocycles. The van der Waals surface area contributed by atoms with Crippen molar-refractivity contribution in [1.29, 1.82) is 0 Å². The zero-order chi connectivity index (χ0) is 11.8. The lowest BCUT2D eigenvalue weighted by molar-refractivity contribution is 0.0532. The summed E-state index contributed by atoms with van der Waals surface area (Å²) in [6, 6.07) is 5.60. The smallest absolute Gasteiger partial charge is 0.348 e. The van der Waals surface area contributed by atoms with Crippen molar-refractivity contribution >= 4 is 27.4 Å². The van der Waals surface area contributed by atoms with E-state index in [0.29, 0.717) is 11.5 Å². The van der Waals surface area contributed by atoms with Gasteiger partial charge in [0.25, 0.3) is 0 Å². The predicted octanol–water partition coefficient (Wildman–Crippen LogP) is 2.81. The lowest BCUT2D eigenvalue weighted by Gasteiger charge is -1.95. The highest BCUT2D eigenvalue weighted by atomic mass is 32.1. The van der Waals surface area contributed by atoms with Gasteiger partial charge in [-0.05, 0) is 24.4 Å². The zero-order valence-electron chi connectivity index (χ0n) is 9.19. The van der Waals surface area contributed by atoms with Gasteiger partial charge in [0, 0.05) is 10.8 Å². The van der Waals surface area contributed by atoms with Crippen LogP contribution in [-0.2, 0) is 4.74 Å². The molecule has 3 rings (SSSR count). The van der Waals surface area contributed by atoms with E-state index in [1.54, 1.807) is 6.92 Å². The minimum absolute atomic E-state index is 0.261. The SMILES string of the molecule is CCOC(=O)c1cc2cc3c(cc2s1)OCO3. The zero-order valence-corrected chi connectivity index (χ0v) is 10.0. The molecule has 0 aliphatic carbocycles. The Labute approximate surface area is 102 Å². The minimum atomic E-state index is -0.282. The van der Waals surface area contributed by atoms with Gasteiger partial charge in [0.2, 0.25) is 6.79 Å². The number of carbonyl (C=O) groups is 1. The fourth-order valence-electron chi connectivity index (χ4n) is 1.73. The van der Waals surface area contributed by atoms with Crippen molar-refractivity contribution in [3.8, 4) is 11.5 Å². The molecule has 17 heavy (non-hydrogen) atoms. The summed E-state index contributed by atoms with van der Waals surface area (Å²) in [7, 11) is 0. The average molecular weight is 250 g/mol. The fraction of sp³-hybridized carbons (Fsp3) is 0.250. The molecule has 88 valence electrons. The van der Waals surface area contributed by atoms with E-state index in [0.717, 1.165) is 21.6 Å². The maximum atomic E-state index is 11.6. The fourth-order valence-corrected chi connectivity index (χ4v) is 2.70. The normalized spacial score (nSPS) is 13.0. The molecule has 0 bridgehead atoms. The Balaban J connectivity index is 2.05. The molecule has 1 aliphatic rings. The molecule has 0 radical (unpaired) electrons. The Morgan fingerprint density at radius 3 is 2.88 bits per heavy atom. The van der Waals surface area contributed by atoms with Crippen molar-refractivity contribution in [2.24, 2.45) is 0 Å². The van der Waals surface area contributed by atoms with Crippen molar-refractivity contribution in [2.75, 3.05) is 13.4 Å². The molecule has 0 spiro atoms. The Morgan fingerprint density at radius 1 is 1.35 bits per heavy atom. The highest BCUT2D eigenvalue weighted by molar-refractivity contribution is 7.20. The second-order valence-electron chi connectivity index (χ2n) is 3.57. The molecule has 0 amide bonds. The van der Waals surface area contributed by atoms with Gasteiger partial charge in [-0.2, -0.15) is 0 Å². The highest BCUT2D eigenvalue weighted by Crippen LogP contribution is 2.39. The maximum absolute atomic E-state index is 11.6. The minimum Gasteiger partial charge on any atom is -0.462 e. The molecule has 1 aliphatic heterocycles. The Hall–Kier alpha value is -1.75. The number of benzene rings is 1. The lowest BCUT2D eigenvalue weighted by atomic mass is 10.2. The van der Waals surface area contributed by atoms with Gasteiger partial charge in [-0.3, -0.25) is 0 Å². The van der Waals surface area contributed by atoms with Crippen LogP contribution in [-0.4, -0.2) is 19.4 Å². The number of hydrogen-bond acceptors (Lipinski definition) is 5. The van der Waals surface area contributed by atoms with Crippen LogP contribution in [0.5, 0.6) is 11.5 Å². The molecule has 0 atom stereocenters. The number of thiophene rings is 1. The molecular formula is C12H10O4S. The summed E-state index contributed by atoms with van der Waals surface area (Å²) in [6.45, 7) is 2.44. The van der Waals surface area contributed by atoms with Gasteiger partial charge in [-0.1, -0.05) is 0 Å². The lowest BCUT2D eigenvalue weighted by Crippen LogP contribution is -2.01. The molecule has 1 aromatic carbocycles. The first-order chi connectivity index (χ1) is 8.28. The third-order valence-corrected chi connectivity index (χ3v) is 3.57. The summed E-state index contributed by atoms with van der Waals surface area (Å²) in [4.78, 5) is 12.2. The summed E-state index contributed by atoms with van der Waals surface area (Å²) in [6.07, 6.45) is 0. The van der Waals surface area contributed by atoms with Crippen LogP contribution in [0.4, 0.5) is 0 Å². The van der Waals surface area contributed by atoms with Crippen LogP contribution in [0, 0.1) is 0 Å². The number of carbonyl (C=O) groups excluding carboxylic acids is 1. The highest BCUT2D eigenvalue weighted by Gasteiger charge is 2.17. The van der Waals surface area contributed by atoms with Crippen molar-refractivity contribution in [1.82, 2.24) is 0 Å². The van der Waals surface area contributed by atoms with Gasteiger partial charge in [-0.25, -0.2) is 4.79 Å². The van der Waals surface area contributed by atoms with Crippen LogP contribution in [0.2, 0.25) is 0 Å². The third kappa shape index (κ3) is 1.72. The average Bonchev–Trinajstić information content (AvgIpc) is 2.90. The van der Waals surface area contributed by atoms with E-state index in [2.05, 4.69) is 0 Å². The summed E-state index contributed by atoms with van der Waals surface area (Å²) in [5.74, 6) is 1.18. The van der Waals surface area contributed by atoms with Gasteiger partial charge in [0.1, 0.15) is 4.88 Å². The largest absolute Gasteiger partial charge is 0.462 e. The van der Waals surface area contributed by atoms with E-state index in [9.17, 15) is 4.79 Å². The van der Waals surface area contributed by atoms with Crippen LogP contribution in [0.25, 0.3) is 10.1 Å². The number of ether oxygens (including phenoxy) is 3. The molecule has 0 unspecified atom stereocenters. The van der Waals surface area contributed by atoms with Crippen molar-refractivity contribution < 1.29 is 19.0 Å². The molecule has 1 aromatic heterocycles. The summed E-state index contributed by atoms with van der Waals surface area (Å²) in [5.41, 5.74) is 0. The third-order valence-electron chi connectivity index (χ3n) is 2.49. The topological polar surface area (TPSA) is 44.8 Å². The van der Waals surface area contributed by atoms with Gasteiger partial charge < -0.3 is 14.2 Å². The second kappa shape index (κ2) is 3.92. The Morgan fingerprint density at radius 2 is 2.12 bits per heavy atom. The van der Waals surface area contributed by atoms with E-state index < -0.39 is 0 Å². The first-order valence-electron chi connectivity index (χ1n) is 5.28. The Kier molecular flexibility index (Phi) is 2.40. The van der Waals surface area contributed by atoms with Crippen LogP contribution >= 0.6 is 11.3 Å². The Bertz CT molecular complexity index is 546. The van der Waals surface area contributed by atoms with Gasteiger partial charge in [0.05, 0.1) is 6.61 Å². The quantitative estimate of drug-likeness (QED) is 0.769. The molecule has 5 heteroatoms. The maximum Gasteiger partial charge on any atom is 0.348 e. The summed E-state index contributed by atoms with van der Waals surface area (Å²) in [5, 5.41) is 0.974. The summed E-state index contributed by atoms with van der Waals surface area (Å²) < 4.78 is 16.5. The molecule has 0 N–H and O–H groups in total. The number of rotatable bonds is 2. The van der Waals surface area contributed by atoms with Gasteiger partial charge in [0.15, 0.2) is 11.5 Å². The van der Waals surface area contributed by atoms with Crippen molar-refractivity contribution in [2.45, 2.75) is 6.92 Å². The first-order valence-corrected chi connectivity index (χ1v) is 6.10. The van der Waals surface area contributed by atoms with E-state index in [4.69, 9.17) is 14.2 Å². The monoisotopic (exact) mass is 250 g/mol. The number of fused-ring (bicyclic) bond motifs is 2. The van der Waals surface area contributed by atoms with E-state index in [1.807, 2.05) is 18.2 Å².